The summed E-state index contributed by atoms with van der Waals surface area (Å²) in [6.45, 7) is 8.48. The van der Waals surface area contributed by atoms with Crippen molar-refractivity contribution in [3.05, 3.63) is 137 Å². The fourth-order valence-electron chi connectivity index (χ4n) is 6.60. The Morgan fingerprint density at radius 1 is 0.471 bits per heavy atom. The molecule has 1 unspecified atom stereocenters. The second-order valence-electron chi connectivity index (χ2n) is 13.2. The number of rotatable bonds is 9. The highest BCUT2D eigenvalue weighted by molar-refractivity contribution is 5.12. The van der Waals surface area contributed by atoms with E-state index in [0.29, 0.717) is 94.1 Å². The van der Waals surface area contributed by atoms with Crippen LogP contribution in [0.2, 0.25) is 0 Å². The van der Waals surface area contributed by atoms with E-state index in [1.807, 2.05) is 13.8 Å². The number of aromatic nitrogens is 4. The Balaban J connectivity index is 1.51. The van der Waals surface area contributed by atoms with Gasteiger partial charge in [0.1, 0.15) is 0 Å². The standard InChI is InChI=1S/C35H46N8O8/c1-26(2)35(30-10-6-14-34(47)43(30)51)39-21-19-37(24-28-8-4-12-32(45)41(28)49)17-15-36(23-27-7-3-11-31(44)40(27)48)16-18-38(20-22-39)25-29-9-5-13-33(46)42(29)50/h3-14,26,35,48-51H,15-25H2,1-2H3. The molecule has 274 valence electrons. The zero-order valence-electron chi connectivity index (χ0n) is 28.9. The van der Waals surface area contributed by atoms with Gasteiger partial charge in [-0.3, -0.25) is 38.8 Å². The van der Waals surface area contributed by atoms with Crippen molar-refractivity contribution in [2.24, 2.45) is 5.92 Å². The second kappa shape index (κ2) is 16.7. The molecule has 16 nitrogen and oxygen atoms in total. The molecule has 4 aromatic rings. The summed E-state index contributed by atoms with van der Waals surface area (Å²) in [4.78, 5) is 57.8. The summed E-state index contributed by atoms with van der Waals surface area (Å²) >= 11 is 0. The van der Waals surface area contributed by atoms with Crippen molar-refractivity contribution in [2.45, 2.75) is 39.5 Å². The molecule has 4 aromatic heterocycles. The van der Waals surface area contributed by atoms with Gasteiger partial charge in [-0.1, -0.05) is 38.1 Å². The predicted octanol–water partition coefficient (Wildman–Crippen LogP) is 0.802. The van der Waals surface area contributed by atoms with Crippen LogP contribution in [0.15, 0.2) is 92.0 Å². The molecular formula is C35H46N8O8. The lowest BCUT2D eigenvalue weighted by Crippen LogP contribution is -2.48. The summed E-state index contributed by atoms with van der Waals surface area (Å²) in [6.07, 6.45) is 0. The minimum Gasteiger partial charge on any atom is -0.425 e. The molecule has 0 bridgehead atoms. The second-order valence-corrected chi connectivity index (χ2v) is 13.2. The Morgan fingerprint density at radius 3 is 1.14 bits per heavy atom. The van der Waals surface area contributed by atoms with Gasteiger partial charge >= 0.3 is 0 Å². The SMILES string of the molecule is CC(C)C(c1cccc(=O)n1O)N1CCN(Cc2cccc(=O)n2O)CCN(Cc2cccc(=O)n2O)CCN(Cc2cccc(=O)n2O)CC1. The maximum atomic E-state index is 12.5. The van der Waals surface area contributed by atoms with Gasteiger partial charge in [0.15, 0.2) is 0 Å². The molecule has 1 aliphatic rings. The number of hydrogen-bond donors (Lipinski definition) is 4. The average molecular weight is 707 g/mol. The first-order valence-electron chi connectivity index (χ1n) is 17.0. The molecular weight excluding hydrogens is 660 g/mol. The Morgan fingerprint density at radius 2 is 0.784 bits per heavy atom. The quantitative estimate of drug-likeness (QED) is 0.180. The summed E-state index contributed by atoms with van der Waals surface area (Å²) in [5.41, 5.74) is -0.557. The molecule has 16 heteroatoms. The Hall–Kier alpha value is -5.16. The Kier molecular flexibility index (Phi) is 12.1. The molecule has 51 heavy (non-hydrogen) atoms. The van der Waals surface area contributed by atoms with E-state index in [2.05, 4.69) is 19.6 Å². The van der Waals surface area contributed by atoms with Crippen molar-refractivity contribution >= 4 is 0 Å². The molecule has 5 heterocycles. The van der Waals surface area contributed by atoms with Gasteiger partial charge in [0.25, 0.3) is 22.2 Å². The van der Waals surface area contributed by atoms with Crippen LogP contribution in [0.1, 0.15) is 42.7 Å². The van der Waals surface area contributed by atoms with E-state index in [1.165, 1.54) is 24.3 Å². The average Bonchev–Trinajstić information content (AvgIpc) is 3.09. The Bertz CT molecular complexity index is 1940. The van der Waals surface area contributed by atoms with Crippen LogP contribution in [0, 0.1) is 5.92 Å². The van der Waals surface area contributed by atoms with Crippen LogP contribution in [0.5, 0.6) is 0 Å². The van der Waals surface area contributed by atoms with Gasteiger partial charge < -0.3 is 20.8 Å². The van der Waals surface area contributed by atoms with E-state index in [1.54, 1.807) is 48.5 Å². The molecule has 4 N–H and O–H groups in total. The van der Waals surface area contributed by atoms with Crippen LogP contribution in [0.4, 0.5) is 0 Å². The van der Waals surface area contributed by atoms with Crippen molar-refractivity contribution in [2.75, 3.05) is 52.4 Å². The maximum absolute atomic E-state index is 12.5. The van der Waals surface area contributed by atoms with Crippen molar-refractivity contribution in [1.82, 2.24) is 38.5 Å². The highest BCUT2D eigenvalue weighted by Crippen LogP contribution is 2.28. The summed E-state index contributed by atoms with van der Waals surface area (Å²) < 4.78 is 2.57. The minimum absolute atomic E-state index is 0.0362. The van der Waals surface area contributed by atoms with E-state index < -0.39 is 22.2 Å². The molecule has 1 aliphatic heterocycles. The first kappa shape index (κ1) is 37.1. The summed E-state index contributed by atoms with van der Waals surface area (Å²) in [5.74, 6) is -0.0362. The molecule has 0 aliphatic carbocycles. The summed E-state index contributed by atoms with van der Waals surface area (Å²) in [5, 5.41) is 42.4. The third-order valence-electron chi connectivity index (χ3n) is 9.34. The maximum Gasteiger partial charge on any atom is 0.283 e. The fraction of sp³-hybridized carbons (Fsp3) is 0.429. The Labute approximate surface area is 293 Å². The molecule has 1 fully saturated rings. The van der Waals surface area contributed by atoms with E-state index in [-0.39, 0.29) is 31.6 Å². The van der Waals surface area contributed by atoms with E-state index in [4.69, 9.17) is 0 Å². The van der Waals surface area contributed by atoms with E-state index >= 15 is 0 Å². The van der Waals surface area contributed by atoms with Crippen LogP contribution in [0.3, 0.4) is 0 Å². The molecule has 0 aromatic carbocycles. The number of pyridine rings is 4. The minimum atomic E-state index is -0.549. The van der Waals surface area contributed by atoms with Gasteiger partial charge in [0.05, 0.1) is 28.8 Å². The van der Waals surface area contributed by atoms with Gasteiger partial charge in [0, 0.05) is 96.3 Å². The van der Waals surface area contributed by atoms with E-state index in [9.17, 15) is 40.0 Å². The summed E-state index contributed by atoms with van der Waals surface area (Å²) in [6, 6.07) is 17.9. The largest absolute Gasteiger partial charge is 0.425 e. The van der Waals surface area contributed by atoms with Crippen LogP contribution in [-0.2, 0) is 19.6 Å². The lowest BCUT2D eigenvalue weighted by Gasteiger charge is -2.39. The van der Waals surface area contributed by atoms with Crippen LogP contribution in [0.25, 0.3) is 0 Å². The molecule has 5 rings (SSSR count). The van der Waals surface area contributed by atoms with E-state index in [0.717, 1.165) is 0 Å². The van der Waals surface area contributed by atoms with Gasteiger partial charge in [0.2, 0.25) is 0 Å². The number of nitrogens with zero attached hydrogens (tertiary/aromatic N) is 8. The summed E-state index contributed by atoms with van der Waals surface area (Å²) in [7, 11) is 0. The highest BCUT2D eigenvalue weighted by atomic mass is 16.5. The lowest BCUT2D eigenvalue weighted by atomic mass is 9.98. The first-order chi connectivity index (χ1) is 24.4. The molecule has 1 saturated heterocycles. The third-order valence-corrected chi connectivity index (χ3v) is 9.34. The van der Waals surface area contributed by atoms with Crippen LogP contribution < -0.4 is 22.2 Å². The monoisotopic (exact) mass is 706 g/mol. The van der Waals surface area contributed by atoms with Crippen molar-refractivity contribution in [1.29, 1.82) is 0 Å². The zero-order valence-corrected chi connectivity index (χ0v) is 28.9. The zero-order chi connectivity index (χ0) is 36.7. The third kappa shape index (κ3) is 9.15. The van der Waals surface area contributed by atoms with Crippen molar-refractivity contribution in [3.8, 4) is 0 Å². The molecule has 1 atom stereocenters. The van der Waals surface area contributed by atoms with Gasteiger partial charge in [-0.2, -0.15) is 18.9 Å². The van der Waals surface area contributed by atoms with Crippen LogP contribution in [-0.4, -0.2) is 112 Å². The number of hydrogen-bond acceptors (Lipinski definition) is 12. The predicted molar refractivity (Wildman–Crippen MR) is 187 cm³/mol. The lowest BCUT2D eigenvalue weighted by molar-refractivity contribution is 0.0644. The first-order valence-corrected chi connectivity index (χ1v) is 17.0. The fourth-order valence-corrected chi connectivity index (χ4v) is 6.60. The van der Waals surface area contributed by atoms with Crippen LogP contribution >= 0.6 is 0 Å². The van der Waals surface area contributed by atoms with Gasteiger partial charge in [-0.15, -0.1) is 0 Å². The normalized spacial score (nSPS) is 16.8. The van der Waals surface area contributed by atoms with Crippen molar-refractivity contribution < 1.29 is 20.8 Å². The smallest absolute Gasteiger partial charge is 0.283 e. The highest BCUT2D eigenvalue weighted by Gasteiger charge is 2.29. The molecule has 0 spiro atoms. The molecule has 0 radical (unpaired) electrons. The van der Waals surface area contributed by atoms with Crippen molar-refractivity contribution in [3.63, 3.8) is 0 Å². The van der Waals surface area contributed by atoms with Gasteiger partial charge in [-0.25, -0.2) is 0 Å². The van der Waals surface area contributed by atoms with Gasteiger partial charge in [-0.05, 0) is 30.2 Å². The molecule has 0 saturated carbocycles. The topological polar surface area (TPSA) is 182 Å². The molecule has 0 amide bonds.